The van der Waals surface area contributed by atoms with Crippen LogP contribution in [0.4, 0.5) is 0 Å². The van der Waals surface area contributed by atoms with Crippen LogP contribution in [-0.4, -0.2) is 18.0 Å². The zero-order valence-corrected chi connectivity index (χ0v) is 25.1. The Hall–Kier alpha value is -5.38. The Labute approximate surface area is 258 Å². The maximum absolute atomic E-state index is 5.17. The van der Waals surface area contributed by atoms with Gasteiger partial charge >= 0.3 is 0 Å². The van der Waals surface area contributed by atoms with Crippen molar-refractivity contribution >= 4 is 28.8 Å². The predicted molar refractivity (Wildman–Crippen MR) is 184 cm³/mol. The largest absolute Gasteiger partial charge is 0.256 e. The van der Waals surface area contributed by atoms with Gasteiger partial charge in [-0.15, -0.1) is 0 Å². The van der Waals surface area contributed by atoms with Crippen LogP contribution in [0.3, 0.4) is 0 Å². The lowest BCUT2D eigenvalue weighted by Gasteiger charge is -2.31. The highest BCUT2D eigenvalue weighted by atomic mass is 28.3. The lowest BCUT2D eigenvalue weighted by Crippen LogP contribution is -2.72. The maximum atomic E-state index is 5.17. The topological polar surface area (TPSA) is 25.8 Å². The van der Waals surface area contributed by atoms with Gasteiger partial charge in [0.15, 0.2) is 8.07 Å². The third-order valence-electron chi connectivity index (χ3n) is 9.46. The smallest absolute Gasteiger partial charge is 0.180 e. The molecule has 0 bridgehead atoms. The normalized spacial score (nSPS) is 13.5. The molecule has 9 rings (SSSR count). The maximum Gasteiger partial charge on any atom is 0.180 e. The summed E-state index contributed by atoms with van der Waals surface area (Å²) < 4.78 is 0. The minimum Gasteiger partial charge on any atom is -0.256 e. The summed E-state index contributed by atoms with van der Waals surface area (Å²) in [6, 6.07) is 55.5. The lowest BCUT2D eigenvalue weighted by atomic mass is 9.99. The van der Waals surface area contributed by atoms with Crippen molar-refractivity contribution in [3.8, 4) is 44.9 Å². The lowest BCUT2D eigenvalue weighted by molar-refractivity contribution is 1.20. The van der Waals surface area contributed by atoms with E-state index in [4.69, 9.17) is 9.97 Å². The average Bonchev–Trinajstić information content (AvgIpc) is 3.63. The first-order valence-electron chi connectivity index (χ1n) is 15.2. The summed E-state index contributed by atoms with van der Waals surface area (Å²) in [6.07, 6.45) is 2.80. The van der Waals surface area contributed by atoms with E-state index < -0.39 is 8.07 Å². The predicted octanol–water partition coefficient (Wildman–Crippen LogP) is 6.74. The summed E-state index contributed by atoms with van der Waals surface area (Å²) >= 11 is 0. The first-order chi connectivity index (χ1) is 21.8. The van der Waals surface area contributed by atoms with Crippen LogP contribution in [0.5, 0.6) is 0 Å². The summed E-state index contributed by atoms with van der Waals surface area (Å²) in [5.41, 5.74) is 11.9. The standard InChI is InChI=1S/C41H28N2Si/c1-4-12-28(13-5-1)37-23-21-29-26-36-35(41(29)43-37)24-25-42-40(36)30-20-22-34-33-18-10-11-19-38(33)44(39(34)27-30,31-14-6-2-7-15-31)32-16-8-3-9-17-32/h1-25,27H,26H2. The van der Waals surface area contributed by atoms with Crippen LogP contribution in [0, 0.1) is 0 Å². The molecule has 1 aliphatic heterocycles. The van der Waals surface area contributed by atoms with E-state index in [9.17, 15) is 0 Å². The molecule has 44 heavy (non-hydrogen) atoms. The summed E-state index contributed by atoms with van der Waals surface area (Å²) in [5.74, 6) is 0. The minimum atomic E-state index is -2.56. The van der Waals surface area contributed by atoms with Crippen molar-refractivity contribution in [3.05, 3.63) is 169 Å². The third-order valence-corrected chi connectivity index (χ3v) is 14.3. The molecule has 0 fully saturated rings. The molecule has 5 aromatic carbocycles. The van der Waals surface area contributed by atoms with Crippen molar-refractivity contribution in [1.29, 1.82) is 0 Å². The highest BCUT2D eigenvalue weighted by molar-refractivity contribution is 7.22. The zero-order valence-electron chi connectivity index (χ0n) is 24.1. The molecule has 3 heterocycles. The quantitative estimate of drug-likeness (QED) is 0.217. The van der Waals surface area contributed by atoms with E-state index in [2.05, 4.69) is 146 Å². The second-order valence-electron chi connectivity index (χ2n) is 11.7. The molecule has 0 unspecified atom stereocenters. The van der Waals surface area contributed by atoms with E-state index in [0.29, 0.717) is 0 Å². The molecule has 1 aliphatic carbocycles. The Morgan fingerprint density at radius 3 is 1.89 bits per heavy atom. The SMILES string of the molecule is c1ccc(-c2ccc3c(n2)-c2ccnc(-c4ccc5c(c4)[Si](c4ccccc4)(c4ccccc4)c4ccccc4-5)c2C3)cc1. The van der Waals surface area contributed by atoms with Crippen molar-refractivity contribution in [2.24, 2.45) is 0 Å². The first-order valence-corrected chi connectivity index (χ1v) is 17.2. The molecule has 2 aromatic heterocycles. The molecule has 0 N–H and O–H groups in total. The molecule has 0 saturated heterocycles. The monoisotopic (exact) mass is 576 g/mol. The molecule has 0 spiro atoms. The number of rotatable bonds is 4. The number of hydrogen-bond donors (Lipinski definition) is 0. The molecule has 7 aromatic rings. The molecule has 3 heteroatoms. The van der Waals surface area contributed by atoms with Gasteiger partial charge < -0.3 is 0 Å². The fourth-order valence-corrected chi connectivity index (χ4v) is 12.8. The average molecular weight is 577 g/mol. The molecule has 0 saturated carbocycles. The summed E-state index contributed by atoms with van der Waals surface area (Å²) in [6.45, 7) is 0. The van der Waals surface area contributed by atoms with Crippen molar-refractivity contribution in [3.63, 3.8) is 0 Å². The minimum absolute atomic E-state index is 0.840. The van der Waals surface area contributed by atoms with Crippen molar-refractivity contribution in [2.75, 3.05) is 0 Å². The van der Waals surface area contributed by atoms with Crippen LogP contribution >= 0.6 is 0 Å². The van der Waals surface area contributed by atoms with Crippen LogP contribution in [0.2, 0.25) is 0 Å². The van der Waals surface area contributed by atoms with Crippen LogP contribution in [-0.2, 0) is 6.42 Å². The fourth-order valence-electron chi connectivity index (χ4n) is 7.56. The Kier molecular flexibility index (Phi) is 5.62. The second kappa shape index (κ2) is 9.83. The number of hydrogen-bond acceptors (Lipinski definition) is 2. The van der Waals surface area contributed by atoms with E-state index in [1.165, 1.54) is 54.1 Å². The van der Waals surface area contributed by atoms with E-state index in [-0.39, 0.29) is 0 Å². The number of benzene rings is 5. The van der Waals surface area contributed by atoms with Gasteiger partial charge in [0, 0.05) is 29.3 Å². The molecule has 0 amide bonds. The van der Waals surface area contributed by atoms with E-state index >= 15 is 0 Å². The van der Waals surface area contributed by atoms with E-state index in [0.717, 1.165) is 29.1 Å². The number of fused-ring (bicyclic) bond motifs is 6. The van der Waals surface area contributed by atoms with Crippen molar-refractivity contribution in [1.82, 2.24) is 9.97 Å². The molecule has 2 aliphatic rings. The van der Waals surface area contributed by atoms with Gasteiger partial charge in [0.2, 0.25) is 0 Å². The van der Waals surface area contributed by atoms with Gasteiger partial charge in [-0.2, -0.15) is 0 Å². The van der Waals surface area contributed by atoms with Gasteiger partial charge in [-0.3, -0.25) is 4.98 Å². The molecule has 206 valence electrons. The van der Waals surface area contributed by atoms with Gasteiger partial charge in [-0.25, -0.2) is 4.98 Å². The highest BCUT2D eigenvalue weighted by Gasteiger charge is 2.48. The molecule has 0 atom stereocenters. The van der Waals surface area contributed by atoms with Crippen molar-refractivity contribution in [2.45, 2.75) is 6.42 Å². The first kappa shape index (κ1) is 25.1. The van der Waals surface area contributed by atoms with Gasteiger partial charge in [0.05, 0.1) is 17.1 Å². The van der Waals surface area contributed by atoms with Crippen molar-refractivity contribution < 1.29 is 0 Å². The molecule has 2 nitrogen and oxygen atoms in total. The van der Waals surface area contributed by atoms with Crippen LogP contribution in [0.15, 0.2) is 158 Å². The van der Waals surface area contributed by atoms with Gasteiger partial charge in [-0.1, -0.05) is 140 Å². The van der Waals surface area contributed by atoms with E-state index in [1.807, 2.05) is 12.3 Å². The zero-order chi connectivity index (χ0) is 29.1. The molecular formula is C41H28N2Si. The number of aromatic nitrogens is 2. The summed E-state index contributed by atoms with van der Waals surface area (Å²) in [7, 11) is -2.56. The van der Waals surface area contributed by atoms with Crippen LogP contribution in [0.1, 0.15) is 11.1 Å². The number of pyridine rings is 2. The second-order valence-corrected chi connectivity index (χ2v) is 15.5. The number of nitrogens with zero attached hydrogens (tertiary/aromatic N) is 2. The van der Waals surface area contributed by atoms with Crippen LogP contribution in [0.25, 0.3) is 44.9 Å². The Morgan fingerprint density at radius 2 is 1.14 bits per heavy atom. The van der Waals surface area contributed by atoms with Crippen LogP contribution < -0.4 is 20.7 Å². The molecule has 0 radical (unpaired) electrons. The van der Waals surface area contributed by atoms with Gasteiger partial charge in [0.1, 0.15) is 0 Å². The Balaban J connectivity index is 1.25. The molecular weight excluding hydrogens is 549 g/mol. The van der Waals surface area contributed by atoms with Gasteiger partial charge in [-0.05, 0) is 55.1 Å². The summed E-state index contributed by atoms with van der Waals surface area (Å²) in [4.78, 5) is 10.2. The van der Waals surface area contributed by atoms with E-state index in [1.54, 1.807) is 0 Å². The third kappa shape index (κ3) is 3.60. The summed E-state index contributed by atoms with van der Waals surface area (Å²) in [5, 5.41) is 5.71. The highest BCUT2D eigenvalue weighted by Crippen LogP contribution is 2.41. The Bertz CT molecular complexity index is 2150. The fraction of sp³-hybridized carbons (Fsp3) is 0.0244. The van der Waals surface area contributed by atoms with Gasteiger partial charge in [0.25, 0.3) is 0 Å². The Morgan fingerprint density at radius 1 is 0.477 bits per heavy atom.